The van der Waals surface area contributed by atoms with Crippen LogP contribution in [-0.4, -0.2) is 80.0 Å². The van der Waals surface area contributed by atoms with Crippen molar-refractivity contribution in [1.82, 2.24) is 26.1 Å². The number of amides is 4. The van der Waals surface area contributed by atoms with Gasteiger partial charge in [0.2, 0.25) is 12.5 Å². The number of hydrogen-bond donors (Lipinski definition) is 5. The molecule has 0 saturated carbocycles. The van der Waals surface area contributed by atoms with Gasteiger partial charge >= 0.3 is 5.97 Å². The fourth-order valence-electron chi connectivity index (χ4n) is 3.94. The lowest BCUT2D eigenvalue weighted by molar-refractivity contribution is -0.689. The van der Waals surface area contributed by atoms with Gasteiger partial charge in [0.05, 0.1) is 17.2 Å². The van der Waals surface area contributed by atoms with Gasteiger partial charge in [0, 0.05) is 23.5 Å². The molecule has 4 heterocycles. The molecule has 0 unspecified atom stereocenters. The largest absolute Gasteiger partial charge is 0.543 e. The van der Waals surface area contributed by atoms with Crippen LogP contribution in [0.4, 0.5) is 5.13 Å². The standard InChI is InChI=1S/C23H21ClN8O9S2/c1-9(21(37)38)41-30-13(12-16(24)43-23(25)28-12)18(35)27-14-19(36)32-15(22(39)40)11(7-42-20(14)32)6-31-4-2-10(3-5-31)17(34)29-26-8-33/h2-5,8-9,14,20H,6-7H2,1H3,(H6,25,27,28,34,35,37,38,39,40)/b30-13-/t9-,14+,20+/m0/s1. The SMILES string of the molecule is C[C@H](O/N=C(\C(=O)N[C@@H]1C(=O)N2C(C(=O)[O-])=C(C[n+]3ccc(C(=O)NNC=O)cc3)CS[C@H]12)c1nc(N)sc1Cl)C(=O)O. The summed E-state index contributed by atoms with van der Waals surface area (Å²) in [6.07, 6.45) is 1.88. The molecule has 43 heavy (non-hydrogen) atoms. The average Bonchev–Trinajstić information content (AvgIpc) is 3.31. The first-order chi connectivity index (χ1) is 20.4. The van der Waals surface area contributed by atoms with Crippen LogP contribution in [-0.2, 0) is 35.4 Å². The lowest BCUT2D eigenvalue weighted by Crippen LogP contribution is -2.71. The van der Waals surface area contributed by atoms with Gasteiger partial charge in [-0.05, 0) is 6.92 Å². The number of aliphatic carboxylic acids is 2. The Morgan fingerprint density at radius 1 is 1.37 bits per heavy atom. The summed E-state index contributed by atoms with van der Waals surface area (Å²) in [5, 5.41) is 26.4. The number of nitrogens with two attached hydrogens (primary N) is 1. The number of hydrogen-bond acceptors (Lipinski definition) is 13. The molecule has 2 aliphatic rings. The van der Waals surface area contributed by atoms with Crippen LogP contribution in [0.2, 0.25) is 4.34 Å². The van der Waals surface area contributed by atoms with E-state index in [-0.39, 0.29) is 38.7 Å². The highest BCUT2D eigenvalue weighted by Gasteiger charge is 2.53. The van der Waals surface area contributed by atoms with Crippen molar-refractivity contribution in [3.63, 3.8) is 0 Å². The smallest absolute Gasteiger partial charge is 0.347 e. The molecular formula is C23H21ClN8O9S2. The van der Waals surface area contributed by atoms with Crippen molar-refractivity contribution >= 4 is 81.6 Å². The first-order valence-electron chi connectivity index (χ1n) is 12.0. The van der Waals surface area contributed by atoms with E-state index >= 15 is 0 Å². The number of hydrazine groups is 1. The Morgan fingerprint density at radius 3 is 2.65 bits per heavy atom. The number of carboxylic acid groups (broad SMARTS) is 2. The highest BCUT2D eigenvalue weighted by molar-refractivity contribution is 8.00. The minimum Gasteiger partial charge on any atom is -0.543 e. The van der Waals surface area contributed by atoms with Gasteiger partial charge in [0.1, 0.15) is 21.4 Å². The van der Waals surface area contributed by atoms with Gasteiger partial charge in [-0.15, -0.1) is 11.8 Å². The normalized spacial score (nSPS) is 18.6. The van der Waals surface area contributed by atoms with Gasteiger partial charge in [-0.25, -0.2) is 14.3 Å². The Balaban J connectivity index is 1.52. The highest BCUT2D eigenvalue weighted by atomic mass is 35.5. The van der Waals surface area contributed by atoms with Crippen LogP contribution < -0.4 is 31.6 Å². The number of oxime groups is 1. The number of β-lactam (4-membered cyclic amide) rings is 1. The van der Waals surface area contributed by atoms with Crippen LogP contribution in [0.15, 0.2) is 41.0 Å². The maximum atomic E-state index is 13.2. The topological polar surface area (TPSA) is 249 Å². The lowest BCUT2D eigenvalue weighted by Gasteiger charge is -2.50. The van der Waals surface area contributed by atoms with Gasteiger partial charge < -0.3 is 30.9 Å². The van der Waals surface area contributed by atoms with E-state index in [1.807, 2.05) is 5.43 Å². The molecule has 20 heteroatoms. The zero-order valence-electron chi connectivity index (χ0n) is 21.8. The number of pyridine rings is 1. The molecule has 1 saturated heterocycles. The first kappa shape index (κ1) is 31.2. The minimum atomic E-state index is -1.60. The number of halogens is 1. The Morgan fingerprint density at radius 2 is 2.07 bits per heavy atom. The number of fused-ring (bicyclic) bond motifs is 1. The molecule has 2 aromatic heterocycles. The van der Waals surface area contributed by atoms with Gasteiger partial charge in [-0.1, -0.05) is 28.1 Å². The van der Waals surface area contributed by atoms with Crippen molar-refractivity contribution in [1.29, 1.82) is 0 Å². The van der Waals surface area contributed by atoms with Gasteiger partial charge in [0.25, 0.3) is 17.7 Å². The number of anilines is 1. The zero-order chi connectivity index (χ0) is 31.4. The fourth-order valence-corrected chi connectivity index (χ4v) is 6.20. The number of thioether (sulfide) groups is 1. The molecule has 2 aromatic rings. The van der Waals surface area contributed by atoms with E-state index in [0.29, 0.717) is 12.0 Å². The molecule has 1 fully saturated rings. The van der Waals surface area contributed by atoms with Crippen LogP contribution in [0, 0.1) is 0 Å². The van der Waals surface area contributed by atoms with E-state index in [2.05, 4.69) is 20.9 Å². The number of carboxylic acids is 2. The summed E-state index contributed by atoms with van der Waals surface area (Å²) in [5.74, 6) is -5.11. The van der Waals surface area contributed by atoms with E-state index < -0.39 is 52.9 Å². The van der Waals surface area contributed by atoms with Gasteiger partial charge in [0.15, 0.2) is 29.8 Å². The molecule has 0 aliphatic carbocycles. The number of aromatic nitrogens is 2. The summed E-state index contributed by atoms with van der Waals surface area (Å²) in [5.41, 5.74) is 9.32. The summed E-state index contributed by atoms with van der Waals surface area (Å²) in [6, 6.07) is 1.71. The second kappa shape index (κ2) is 13.0. The molecular weight excluding hydrogens is 632 g/mol. The Labute approximate surface area is 254 Å². The van der Waals surface area contributed by atoms with E-state index in [9.17, 15) is 33.9 Å². The molecule has 0 aromatic carbocycles. The molecule has 0 radical (unpaired) electrons. The third kappa shape index (κ3) is 6.68. The van der Waals surface area contributed by atoms with Crippen molar-refractivity contribution in [3.05, 3.63) is 51.4 Å². The number of thiazole rings is 1. The van der Waals surface area contributed by atoms with Crippen molar-refractivity contribution in [3.8, 4) is 0 Å². The molecule has 226 valence electrons. The molecule has 3 atom stereocenters. The second-order valence-corrected chi connectivity index (χ2v) is 11.5. The highest BCUT2D eigenvalue weighted by Crippen LogP contribution is 2.40. The molecule has 4 amide bonds. The van der Waals surface area contributed by atoms with Crippen LogP contribution >= 0.6 is 34.7 Å². The zero-order valence-corrected chi connectivity index (χ0v) is 24.2. The van der Waals surface area contributed by atoms with Crippen molar-refractivity contribution in [2.24, 2.45) is 5.16 Å². The maximum Gasteiger partial charge on any atom is 0.347 e. The molecule has 6 N–H and O–H groups in total. The lowest BCUT2D eigenvalue weighted by atomic mass is 10.0. The summed E-state index contributed by atoms with van der Waals surface area (Å²) < 4.78 is 1.54. The monoisotopic (exact) mass is 652 g/mol. The predicted molar refractivity (Wildman–Crippen MR) is 147 cm³/mol. The van der Waals surface area contributed by atoms with Gasteiger partial charge in [-0.2, -0.15) is 0 Å². The van der Waals surface area contributed by atoms with Crippen LogP contribution in [0.1, 0.15) is 23.0 Å². The minimum absolute atomic E-state index is 0.0116. The van der Waals surface area contributed by atoms with Gasteiger partial charge in [-0.3, -0.25) is 34.9 Å². The second-order valence-electron chi connectivity index (χ2n) is 8.78. The van der Waals surface area contributed by atoms with Crippen molar-refractivity contribution in [2.45, 2.75) is 31.0 Å². The van der Waals surface area contributed by atoms with E-state index in [4.69, 9.17) is 27.3 Å². The van der Waals surface area contributed by atoms with E-state index in [1.54, 1.807) is 4.57 Å². The Bertz CT molecular complexity index is 1560. The first-order valence-corrected chi connectivity index (χ1v) is 14.2. The van der Waals surface area contributed by atoms with Crippen LogP contribution in [0.25, 0.3) is 0 Å². The van der Waals surface area contributed by atoms with Crippen LogP contribution in [0.5, 0.6) is 0 Å². The predicted octanol–water partition coefficient (Wildman–Crippen LogP) is -2.65. The number of nitrogen functional groups attached to an aromatic ring is 1. The third-order valence-electron chi connectivity index (χ3n) is 5.99. The maximum absolute atomic E-state index is 13.2. The number of carbonyl (C=O) groups excluding carboxylic acids is 5. The number of nitrogens with zero attached hydrogens (tertiary/aromatic N) is 4. The van der Waals surface area contributed by atoms with Crippen molar-refractivity contribution in [2.75, 3.05) is 11.5 Å². The molecule has 0 bridgehead atoms. The van der Waals surface area contributed by atoms with E-state index in [0.717, 1.165) is 16.2 Å². The molecule has 0 spiro atoms. The number of nitrogens with one attached hydrogen (secondary N) is 3. The van der Waals surface area contributed by atoms with E-state index in [1.165, 1.54) is 43.2 Å². The quantitative estimate of drug-likeness (QED) is 0.0519. The number of rotatable bonds is 12. The summed E-state index contributed by atoms with van der Waals surface area (Å²) >= 11 is 8.13. The Kier molecular flexibility index (Phi) is 9.46. The summed E-state index contributed by atoms with van der Waals surface area (Å²) in [6.45, 7) is 1.21. The third-order valence-corrected chi connectivity index (χ3v) is 8.41. The Hall–Kier alpha value is -4.75. The van der Waals surface area contributed by atoms with Crippen LogP contribution in [0.3, 0.4) is 0 Å². The summed E-state index contributed by atoms with van der Waals surface area (Å²) in [4.78, 5) is 81.7. The van der Waals surface area contributed by atoms with Crippen molar-refractivity contribution < 1.29 is 48.4 Å². The fraction of sp³-hybridized carbons (Fsp3) is 0.261. The number of carbonyl (C=O) groups is 6. The summed E-state index contributed by atoms with van der Waals surface area (Å²) in [7, 11) is 0. The molecule has 17 nitrogen and oxygen atoms in total. The molecule has 4 rings (SSSR count). The molecule has 2 aliphatic heterocycles. The average molecular weight is 653 g/mol.